The van der Waals surface area contributed by atoms with Crippen LogP contribution in [-0.4, -0.2) is 32.2 Å². The monoisotopic (exact) mass is 292 g/mol. The molecule has 5 nitrogen and oxygen atoms in total. The van der Waals surface area contributed by atoms with Gasteiger partial charge in [0.1, 0.15) is 0 Å². The number of ether oxygens (including phenoxy) is 2. The molecule has 1 amide bonds. The van der Waals surface area contributed by atoms with E-state index in [-0.39, 0.29) is 11.9 Å². The lowest BCUT2D eigenvalue weighted by Gasteiger charge is -2.26. The van der Waals surface area contributed by atoms with E-state index in [1.807, 2.05) is 32.0 Å². The lowest BCUT2D eigenvalue weighted by molar-refractivity contribution is -0.127. The zero-order chi connectivity index (χ0) is 15.5. The van der Waals surface area contributed by atoms with E-state index in [2.05, 4.69) is 10.6 Å². The van der Waals surface area contributed by atoms with Crippen LogP contribution in [0.3, 0.4) is 0 Å². The Balaban J connectivity index is 2.09. The van der Waals surface area contributed by atoms with Crippen molar-refractivity contribution in [1.29, 1.82) is 0 Å². The van der Waals surface area contributed by atoms with E-state index in [4.69, 9.17) is 9.47 Å². The van der Waals surface area contributed by atoms with Gasteiger partial charge in [-0.25, -0.2) is 0 Å². The highest BCUT2D eigenvalue weighted by atomic mass is 16.5. The number of rotatable bonds is 5. The molecule has 1 saturated heterocycles. The van der Waals surface area contributed by atoms with E-state index in [0.717, 1.165) is 24.9 Å². The summed E-state index contributed by atoms with van der Waals surface area (Å²) in [4.78, 5) is 12.4. The first-order valence-electron chi connectivity index (χ1n) is 7.28. The average Bonchev–Trinajstić information content (AvgIpc) is 2.94. The van der Waals surface area contributed by atoms with Crippen LogP contribution in [0.25, 0.3) is 0 Å². The minimum Gasteiger partial charge on any atom is -0.493 e. The molecule has 0 aromatic heterocycles. The first kappa shape index (κ1) is 15.6. The number of amides is 1. The Morgan fingerprint density at radius 1 is 1.33 bits per heavy atom. The number of carbonyl (C=O) groups excluding carboxylic acids is 1. The van der Waals surface area contributed by atoms with Crippen LogP contribution < -0.4 is 20.1 Å². The molecule has 116 valence electrons. The molecule has 1 aliphatic rings. The summed E-state index contributed by atoms with van der Waals surface area (Å²) in [5.74, 6) is 1.40. The van der Waals surface area contributed by atoms with E-state index < -0.39 is 5.54 Å². The van der Waals surface area contributed by atoms with Gasteiger partial charge in [-0.3, -0.25) is 4.79 Å². The molecular weight excluding hydrogens is 268 g/mol. The van der Waals surface area contributed by atoms with Gasteiger partial charge in [0, 0.05) is 0 Å². The van der Waals surface area contributed by atoms with Gasteiger partial charge in [-0.2, -0.15) is 0 Å². The molecule has 1 fully saturated rings. The number of nitrogens with one attached hydrogen (secondary N) is 2. The topological polar surface area (TPSA) is 59.6 Å². The van der Waals surface area contributed by atoms with Gasteiger partial charge in [-0.1, -0.05) is 6.07 Å². The molecule has 0 radical (unpaired) electrons. The van der Waals surface area contributed by atoms with Crippen molar-refractivity contribution in [2.24, 2.45) is 0 Å². The lowest BCUT2D eigenvalue weighted by Crippen LogP contribution is -2.51. The summed E-state index contributed by atoms with van der Waals surface area (Å²) >= 11 is 0. The molecule has 1 heterocycles. The summed E-state index contributed by atoms with van der Waals surface area (Å²) in [6.45, 7) is 4.82. The van der Waals surface area contributed by atoms with Gasteiger partial charge >= 0.3 is 0 Å². The van der Waals surface area contributed by atoms with Gasteiger partial charge in [0.05, 0.1) is 25.8 Å². The smallest absolute Gasteiger partial charge is 0.240 e. The Morgan fingerprint density at radius 2 is 2.05 bits per heavy atom. The summed E-state index contributed by atoms with van der Waals surface area (Å²) in [6, 6.07) is 5.61. The molecular formula is C16H24N2O3. The third-order valence-electron chi connectivity index (χ3n) is 4.13. The first-order chi connectivity index (χ1) is 10.00. The standard InChI is InChI=1S/C16H24N2O3/c1-11(18-15(19)16(2)8-5-9-17-16)12-6-7-13(20-3)14(10-12)21-4/h6-7,10-11,17H,5,8-9H2,1-4H3,(H,18,19). The zero-order valence-electron chi connectivity index (χ0n) is 13.2. The van der Waals surface area contributed by atoms with E-state index in [1.54, 1.807) is 14.2 Å². The van der Waals surface area contributed by atoms with Gasteiger partial charge in [0.15, 0.2) is 11.5 Å². The Hall–Kier alpha value is -1.75. The van der Waals surface area contributed by atoms with Gasteiger partial charge < -0.3 is 20.1 Å². The first-order valence-corrected chi connectivity index (χ1v) is 7.28. The summed E-state index contributed by atoms with van der Waals surface area (Å²) in [6.07, 6.45) is 1.91. The quantitative estimate of drug-likeness (QED) is 0.872. The second-order valence-corrected chi connectivity index (χ2v) is 5.67. The SMILES string of the molecule is COc1ccc(C(C)NC(=O)C2(C)CCCN2)cc1OC. The highest BCUT2D eigenvalue weighted by Crippen LogP contribution is 2.30. The summed E-state index contributed by atoms with van der Waals surface area (Å²) in [7, 11) is 3.21. The second kappa shape index (κ2) is 6.35. The zero-order valence-corrected chi connectivity index (χ0v) is 13.2. The fraction of sp³-hybridized carbons (Fsp3) is 0.562. The van der Waals surface area contributed by atoms with Crippen LogP contribution in [0, 0.1) is 0 Å². The second-order valence-electron chi connectivity index (χ2n) is 5.67. The van der Waals surface area contributed by atoms with Crippen molar-refractivity contribution in [3.8, 4) is 11.5 Å². The van der Waals surface area contributed by atoms with Gasteiger partial charge in [0.2, 0.25) is 5.91 Å². The van der Waals surface area contributed by atoms with Crippen LogP contribution in [0.4, 0.5) is 0 Å². The van der Waals surface area contributed by atoms with Gasteiger partial charge in [-0.05, 0) is 50.9 Å². The van der Waals surface area contributed by atoms with Crippen molar-refractivity contribution in [3.05, 3.63) is 23.8 Å². The highest BCUT2D eigenvalue weighted by molar-refractivity contribution is 5.86. The molecule has 5 heteroatoms. The Bertz CT molecular complexity index is 510. The van der Waals surface area contributed by atoms with E-state index in [1.165, 1.54) is 0 Å². The van der Waals surface area contributed by atoms with Crippen LogP contribution in [0.2, 0.25) is 0 Å². The maximum absolute atomic E-state index is 12.4. The Kier molecular flexibility index (Phi) is 4.73. The normalized spacial score (nSPS) is 22.7. The molecule has 0 saturated carbocycles. The number of methoxy groups -OCH3 is 2. The highest BCUT2D eigenvalue weighted by Gasteiger charge is 2.36. The number of benzene rings is 1. The molecule has 1 aromatic carbocycles. The number of hydrogen-bond donors (Lipinski definition) is 2. The average molecular weight is 292 g/mol. The van der Waals surface area contributed by atoms with Gasteiger partial charge in [0.25, 0.3) is 0 Å². The van der Waals surface area contributed by atoms with Crippen molar-refractivity contribution in [3.63, 3.8) is 0 Å². The van der Waals surface area contributed by atoms with Crippen LogP contribution >= 0.6 is 0 Å². The van der Waals surface area contributed by atoms with E-state index in [0.29, 0.717) is 11.5 Å². The fourth-order valence-corrected chi connectivity index (χ4v) is 2.65. The maximum Gasteiger partial charge on any atom is 0.240 e. The van der Waals surface area contributed by atoms with Gasteiger partial charge in [-0.15, -0.1) is 0 Å². The molecule has 0 aliphatic carbocycles. The largest absolute Gasteiger partial charge is 0.493 e. The van der Waals surface area contributed by atoms with E-state index in [9.17, 15) is 4.79 Å². The van der Waals surface area contributed by atoms with Crippen molar-refractivity contribution in [2.45, 2.75) is 38.3 Å². The summed E-state index contributed by atoms with van der Waals surface area (Å²) < 4.78 is 10.5. The van der Waals surface area contributed by atoms with Crippen LogP contribution in [0.1, 0.15) is 38.3 Å². The molecule has 2 rings (SSSR count). The van der Waals surface area contributed by atoms with Crippen molar-refractivity contribution < 1.29 is 14.3 Å². The summed E-state index contributed by atoms with van der Waals surface area (Å²) in [5.41, 5.74) is 0.535. The third kappa shape index (κ3) is 3.29. The molecule has 2 unspecified atom stereocenters. The Morgan fingerprint density at radius 3 is 2.62 bits per heavy atom. The number of carbonyl (C=O) groups is 1. The molecule has 1 aromatic rings. The van der Waals surface area contributed by atoms with Crippen molar-refractivity contribution >= 4 is 5.91 Å². The molecule has 21 heavy (non-hydrogen) atoms. The molecule has 0 bridgehead atoms. The molecule has 2 atom stereocenters. The summed E-state index contributed by atoms with van der Waals surface area (Å²) in [5, 5.41) is 6.34. The predicted octanol–water partition coefficient (Wildman–Crippen LogP) is 2.02. The number of hydrogen-bond acceptors (Lipinski definition) is 4. The van der Waals surface area contributed by atoms with Crippen molar-refractivity contribution in [2.75, 3.05) is 20.8 Å². The van der Waals surface area contributed by atoms with Crippen molar-refractivity contribution in [1.82, 2.24) is 10.6 Å². The molecule has 2 N–H and O–H groups in total. The lowest BCUT2D eigenvalue weighted by atomic mass is 9.98. The van der Waals surface area contributed by atoms with Crippen LogP contribution in [0.15, 0.2) is 18.2 Å². The fourth-order valence-electron chi connectivity index (χ4n) is 2.65. The van der Waals surface area contributed by atoms with Crippen LogP contribution in [-0.2, 0) is 4.79 Å². The van der Waals surface area contributed by atoms with Crippen LogP contribution in [0.5, 0.6) is 11.5 Å². The third-order valence-corrected chi connectivity index (χ3v) is 4.13. The maximum atomic E-state index is 12.4. The predicted molar refractivity (Wildman–Crippen MR) is 81.7 cm³/mol. The Labute approximate surface area is 126 Å². The molecule has 1 aliphatic heterocycles. The minimum atomic E-state index is -0.454. The molecule has 0 spiro atoms. The minimum absolute atomic E-state index is 0.0438. The van der Waals surface area contributed by atoms with E-state index >= 15 is 0 Å².